The van der Waals surface area contributed by atoms with Gasteiger partial charge in [0.2, 0.25) is 11.6 Å². The summed E-state index contributed by atoms with van der Waals surface area (Å²) < 4.78 is 87.5. The van der Waals surface area contributed by atoms with E-state index in [2.05, 4.69) is 25.9 Å². The van der Waals surface area contributed by atoms with Crippen LogP contribution in [0.25, 0.3) is 11.1 Å². The van der Waals surface area contributed by atoms with E-state index in [9.17, 15) is 35.9 Å². The maximum Gasteiger partial charge on any atom is 0.450 e. The number of nitrogens with zero attached hydrogens (tertiary/aromatic N) is 2. The fourth-order valence-electron chi connectivity index (χ4n) is 5.39. The summed E-state index contributed by atoms with van der Waals surface area (Å²) in [5.41, 5.74) is 2.71. The summed E-state index contributed by atoms with van der Waals surface area (Å²) in [7, 11) is 0. The van der Waals surface area contributed by atoms with Crippen molar-refractivity contribution in [3.8, 4) is 22.6 Å². The van der Waals surface area contributed by atoms with E-state index in [-0.39, 0.29) is 0 Å². The highest BCUT2D eigenvalue weighted by Crippen LogP contribution is 2.44. The average Bonchev–Trinajstić information content (AvgIpc) is 3.61. The molecule has 5 rings (SSSR count). The number of hydrogen-bond acceptors (Lipinski definition) is 6. The number of rotatable bonds is 7. The molecule has 0 fully saturated rings. The van der Waals surface area contributed by atoms with Crippen LogP contribution in [0.1, 0.15) is 62.8 Å². The fraction of sp³-hybridized carbons (Fsp3) is 0.438. The van der Waals surface area contributed by atoms with Crippen LogP contribution in [0.3, 0.4) is 0 Å². The van der Waals surface area contributed by atoms with E-state index < -0.39 is 47.6 Å². The van der Waals surface area contributed by atoms with Gasteiger partial charge in [-0.2, -0.15) is 26.3 Å². The quantitative estimate of drug-likeness (QED) is 0.232. The number of benzene rings is 2. The molecule has 3 heterocycles. The summed E-state index contributed by atoms with van der Waals surface area (Å²) in [5.74, 6) is -2.25. The van der Waals surface area contributed by atoms with E-state index in [1.807, 2.05) is 12.1 Å². The summed E-state index contributed by atoms with van der Waals surface area (Å²) in [6, 6.07) is 7.33. The van der Waals surface area contributed by atoms with Gasteiger partial charge in [0, 0.05) is 70.1 Å². The third-order valence-corrected chi connectivity index (χ3v) is 8.18. The van der Waals surface area contributed by atoms with E-state index in [1.54, 1.807) is 52.2 Å². The predicted octanol–water partition coefficient (Wildman–Crippen LogP) is 8.06. The third kappa shape index (κ3) is 8.03. The molecule has 0 unspecified atom stereocenters. The number of ether oxygens (including phenoxy) is 2. The maximum absolute atomic E-state index is 12.7. The molecule has 0 spiro atoms. The second kappa shape index (κ2) is 12.7. The molecule has 13 heteroatoms. The first-order chi connectivity index (χ1) is 20.8. The molecule has 0 N–H and O–H groups in total. The molecule has 3 aromatic rings. The highest BCUT2D eigenvalue weighted by molar-refractivity contribution is 9.10. The SMILES string of the molecule is CC(C)(CC(=O)C(F)(F)F)c1cc(-c2cncnc2)cc2c1OCC2.CC(C)(CC(=O)C(F)(F)F)c1cc(Br)cc2c1OCC2. The molecule has 2 aromatic carbocycles. The van der Waals surface area contributed by atoms with Gasteiger partial charge in [-0.15, -0.1) is 0 Å². The van der Waals surface area contributed by atoms with Crippen molar-refractivity contribution in [3.63, 3.8) is 0 Å². The highest BCUT2D eigenvalue weighted by Gasteiger charge is 2.44. The standard InChI is InChI=1S/C18H17F3N2O2.C14H14BrF3O2/c1-17(2,7-15(24)18(19,20)21)14-6-12(13-8-22-10-23-9-13)5-11-3-4-25-16(11)14;1-13(2,7-11(19)14(16,17)18)10-6-9(15)5-8-3-4-20-12(8)10/h5-6,8-10H,3-4,7H2,1-2H3;5-6H,3-4,7H2,1-2H3. The molecule has 2 aliphatic heterocycles. The number of ketones is 2. The fourth-order valence-corrected chi connectivity index (χ4v) is 5.90. The second-order valence-electron chi connectivity index (χ2n) is 12.2. The zero-order valence-electron chi connectivity index (χ0n) is 25.0. The van der Waals surface area contributed by atoms with Crippen molar-refractivity contribution in [1.29, 1.82) is 0 Å². The van der Waals surface area contributed by atoms with Gasteiger partial charge in [0.25, 0.3) is 0 Å². The van der Waals surface area contributed by atoms with Gasteiger partial charge in [0.15, 0.2) is 0 Å². The molecule has 45 heavy (non-hydrogen) atoms. The van der Waals surface area contributed by atoms with E-state index in [0.717, 1.165) is 33.1 Å². The van der Waals surface area contributed by atoms with Crippen molar-refractivity contribution in [1.82, 2.24) is 9.97 Å². The third-order valence-electron chi connectivity index (χ3n) is 7.72. The van der Waals surface area contributed by atoms with E-state index >= 15 is 0 Å². The van der Waals surface area contributed by atoms with Crippen LogP contribution in [0.2, 0.25) is 0 Å². The minimum Gasteiger partial charge on any atom is -0.493 e. The Labute approximate surface area is 264 Å². The molecule has 6 nitrogen and oxygen atoms in total. The largest absolute Gasteiger partial charge is 0.493 e. The van der Waals surface area contributed by atoms with Gasteiger partial charge < -0.3 is 9.47 Å². The van der Waals surface area contributed by atoms with E-state index in [4.69, 9.17) is 9.47 Å². The van der Waals surface area contributed by atoms with Gasteiger partial charge in [-0.25, -0.2) is 9.97 Å². The van der Waals surface area contributed by atoms with Gasteiger partial charge in [0.1, 0.15) is 17.8 Å². The maximum atomic E-state index is 12.7. The van der Waals surface area contributed by atoms with Gasteiger partial charge in [-0.1, -0.05) is 43.6 Å². The van der Waals surface area contributed by atoms with Crippen LogP contribution >= 0.6 is 15.9 Å². The first-order valence-electron chi connectivity index (χ1n) is 14.0. The highest BCUT2D eigenvalue weighted by atomic mass is 79.9. The molecule has 2 aliphatic rings. The number of carbonyl (C=O) groups is 2. The summed E-state index contributed by atoms with van der Waals surface area (Å²) in [5, 5.41) is 0. The van der Waals surface area contributed by atoms with Gasteiger partial charge in [0.05, 0.1) is 13.2 Å². The second-order valence-corrected chi connectivity index (χ2v) is 13.2. The molecular formula is C32H31BrF6N2O4. The lowest BCUT2D eigenvalue weighted by atomic mass is 9.77. The van der Waals surface area contributed by atoms with Crippen molar-refractivity contribution >= 4 is 27.5 Å². The van der Waals surface area contributed by atoms with Crippen LogP contribution in [0.4, 0.5) is 26.3 Å². The Morgan fingerprint density at radius 1 is 0.711 bits per heavy atom. The number of halogens is 7. The monoisotopic (exact) mass is 700 g/mol. The van der Waals surface area contributed by atoms with Crippen molar-refractivity contribution in [2.75, 3.05) is 13.2 Å². The normalized spacial score (nSPS) is 14.5. The number of fused-ring (bicyclic) bond motifs is 2. The van der Waals surface area contributed by atoms with E-state index in [0.29, 0.717) is 42.3 Å². The van der Waals surface area contributed by atoms with Crippen molar-refractivity contribution in [2.24, 2.45) is 0 Å². The smallest absolute Gasteiger partial charge is 0.450 e. The van der Waals surface area contributed by atoms with Crippen molar-refractivity contribution in [2.45, 2.75) is 76.6 Å². The predicted molar refractivity (Wildman–Crippen MR) is 157 cm³/mol. The molecule has 0 radical (unpaired) electrons. The van der Waals surface area contributed by atoms with Crippen LogP contribution in [-0.4, -0.2) is 47.1 Å². The van der Waals surface area contributed by atoms with Gasteiger partial charge in [-0.3, -0.25) is 9.59 Å². The van der Waals surface area contributed by atoms with Crippen LogP contribution in [-0.2, 0) is 33.3 Å². The Hall–Kier alpha value is -3.48. The molecule has 0 saturated heterocycles. The summed E-state index contributed by atoms with van der Waals surface area (Å²) in [4.78, 5) is 30.7. The zero-order chi connectivity index (χ0) is 33.4. The minimum absolute atomic E-state index is 0.473. The topological polar surface area (TPSA) is 78.4 Å². The Kier molecular flexibility index (Phi) is 9.73. The van der Waals surface area contributed by atoms with Crippen molar-refractivity contribution < 1.29 is 45.4 Å². The lowest BCUT2D eigenvalue weighted by Crippen LogP contribution is -2.31. The average molecular weight is 702 g/mol. The molecule has 242 valence electrons. The first-order valence-corrected chi connectivity index (χ1v) is 14.8. The molecule has 0 bridgehead atoms. The van der Waals surface area contributed by atoms with Crippen molar-refractivity contribution in [3.05, 3.63) is 69.7 Å². The summed E-state index contributed by atoms with van der Waals surface area (Å²) in [6.45, 7) is 7.49. The molecule has 0 aliphatic carbocycles. The van der Waals surface area contributed by atoms with Crippen LogP contribution in [0.15, 0.2) is 47.5 Å². The van der Waals surface area contributed by atoms with Crippen LogP contribution in [0.5, 0.6) is 11.5 Å². The number of carbonyl (C=O) groups excluding carboxylic acids is 2. The molecular weight excluding hydrogens is 670 g/mol. The molecule has 1 aromatic heterocycles. The Balaban J connectivity index is 0.000000210. The lowest BCUT2D eigenvalue weighted by molar-refractivity contribution is -0.172. The lowest BCUT2D eigenvalue weighted by Gasteiger charge is -2.27. The number of aromatic nitrogens is 2. The molecule has 0 saturated carbocycles. The number of Topliss-reactive ketones (excluding diaryl/α,β-unsaturated/α-hetero) is 2. The van der Waals surface area contributed by atoms with Gasteiger partial charge >= 0.3 is 12.4 Å². The zero-order valence-corrected chi connectivity index (χ0v) is 26.5. The van der Waals surface area contributed by atoms with Crippen LogP contribution < -0.4 is 9.47 Å². The Morgan fingerprint density at radius 3 is 1.62 bits per heavy atom. The number of alkyl halides is 6. The minimum atomic E-state index is -4.84. The first kappa shape index (κ1) is 34.4. The Morgan fingerprint density at radius 2 is 1.16 bits per heavy atom. The summed E-state index contributed by atoms with van der Waals surface area (Å²) >= 11 is 3.35. The molecule has 0 amide bonds. The van der Waals surface area contributed by atoms with E-state index in [1.165, 1.54) is 6.33 Å². The Bertz CT molecular complexity index is 1590. The number of hydrogen-bond donors (Lipinski definition) is 0. The van der Waals surface area contributed by atoms with Gasteiger partial charge in [-0.05, 0) is 41.0 Å². The summed E-state index contributed by atoms with van der Waals surface area (Å²) in [6.07, 6.45) is -4.78. The van der Waals surface area contributed by atoms with Crippen LogP contribution in [0, 0.1) is 0 Å². The molecule has 0 atom stereocenters.